The molecule has 1 amide bonds. The second-order valence-corrected chi connectivity index (χ2v) is 4.17. The van der Waals surface area contributed by atoms with Gasteiger partial charge in [-0.3, -0.25) is 9.59 Å². The minimum Gasteiger partial charge on any atom is -0.465 e. The second kappa shape index (κ2) is 6.06. The predicted molar refractivity (Wildman–Crippen MR) is 56.7 cm³/mol. The highest BCUT2D eigenvalue weighted by Gasteiger charge is 2.36. The summed E-state index contributed by atoms with van der Waals surface area (Å²) in [5.74, 6) is -1.22. The minimum atomic E-state index is -4.35. The van der Waals surface area contributed by atoms with Crippen molar-refractivity contribution in [2.75, 3.05) is 13.2 Å². The van der Waals surface area contributed by atoms with Crippen LogP contribution in [0.1, 0.15) is 32.6 Å². The summed E-state index contributed by atoms with van der Waals surface area (Å²) in [5, 5.41) is 0. The van der Waals surface area contributed by atoms with Gasteiger partial charge in [0.15, 0.2) is 0 Å². The van der Waals surface area contributed by atoms with Gasteiger partial charge in [0, 0.05) is 12.5 Å². The van der Waals surface area contributed by atoms with Crippen LogP contribution in [0.5, 0.6) is 0 Å². The number of amides is 1. The van der Waals surface area contributed by atoms with Gasteiger partial charge in [0.05, 0.1) is 13.0 Å². The molecular formula is C11H16F3NO3. The van der Waals surface area contributed by atoms with Crippen LogP contribution >= 0.6 is 0 Å². The summed E-state index contributed by atoms with van der Waals surface area (Å²) in [7, 11) is 0. The molecule has 1 aliphatic carbocycles. The first kappa shape index (κ1) is 14.8. The molecule has 0 spiro atoms. The van der Waals surface area contributed by atoms with Gasteiger partial charge in [-0.25, -0.2) is 0 Å². The van der Waals surface area contributed by atoms with Crippen molar-refractivity contribution in [3.05, 3.63) is 0 Å². The topological polar surface area (TPSA) is 46.6 Å². The first-order chi connectivity index (χ1) is 8.33. The molecule has 1 aliphatic rings. The molecule has 104 valence electrons. The van der Waals surface area contributed by atoms with Crippen LogP contribution in [-0.4, -0.2) is 42.1 Å². The van der Waals surface area contributed by atoms with E-state index in [1.165, 1.54) is 4.90 Å². The van der Waals surface area contributed by atoms with Crippen LogP contribution in [0.2, 0.25) is 0 Å². The molecule has 0 heterocycles. The lowest BCUT2D eigenvalue weighted by Gasteiger charge is -2.21. The van der Waals surface area contributed by atoms with Crippen molar-refractivity contribution in [2.24, 2.45) is 0 Å². The van der Waals surface area contributed by atoms with Crippen molar-refractivity contribution in [1.82, 2.24) is 4.90 Å². The quantitative estimate of drug-likeness (QED) is 0.690. The number of hydrogen-bond acceptors (Lipinski definition) is 3. The van der Waals surface area contributed by atoms with Gasteiger partial charge in [0.25, 0.3) is 0 Å². The van der Waals surface area contributed by atoms with E-state index in [4.69, 9.17) is 4.74 Å². The van der Waals surface area contributed by atoms with Gasteiger partial charge < -0.3 is 9.64 Å². The molecule has 0 unspecified atom stereocenters. The number of halogens is 3. The Bertz CT molecular complexity index is 313. The molecule has 0 aliphatic heterocycles. The molecule has 0 atom stereocenters. The Kier molecular flexibility index (Phi) is 4.98. The van der Waals surface area contributed by atoms with Crippen molar-refractivity contribution >= 4 is 11.9 Å². The van der Waals surface area contributed by atoms with Crippen LogP contribution in [0, 0.1) is 0 Å². The number of carbonyl (C=O) groups is 2. The summed E-state index contributed by atoms with van der Waals surface area (Å²) in [4.78, 5) is 24.1. The lowest BCUT2D eigenvalue weighted by atomic mass is 10.2. The zero-order valence-electron chi connectivity index (χ0n) is 10.1. The predicted octanol–water partition coefficient (Wildman–Crippen LogP) is 1.88. The third kappa shape index (κ3) is 5.37. The Hall–Kier alpha value is -1.27. The summed E-state index contributed by atoms with van der Waals surface area (Å²) >= 11 is 0. The maximum Gasteiger partial charge on any atom is 0.389 e. The highest BCUT2D eigenvalue weighted by Crippen LogP contribution is 2.29. The van der Waals surface area contributed by atoms with Crippen LogP contribution in [0.25, 0.3) is 0 Å². The second-order valence-electron chi connectivity index (χ2n) is 4.17. The lowest BCUT2D eigenvalue weighted by molar-refractivity contribution is -0.154. The zero-order chi connectivity index (χ0) is 13.8. The molecule has 0 N–H and O–H groups in total. The van der Waals surface area contributed by atoms with E-state index in [0.29, 0.717) is 0 Å². The van der Waals surface area contributed by atoms with Gasteiger partial charge in [0.2, 0.25) is 5.91 Å². The monoisotopic (exact) mass is 267 g/mol. The van der Waals surface area contributed by atoms with Gasteiger partial charge in [-0.2, -0.15) is 13.2 Å². The van der Waals surface area contributed by atoms with E-state index >= 15 is 0 Å². The normalized spacial score (nSPS) is 15.3. The highest BCUT2D eigenvalue weighted by molar-refractivity contribution is 5.82. The summed E-state index contributed by atoms with van der Waals surface area (Å²) < 4.78 is 40.7. The largest absolute Gasteiger partial charge is 0.465 e. The van der Waals surface area contributed by atoms with E-state index in [2.05, 4.69) is 0 Å². The SMILES string of the molecule is CCOC(=O)CN(C(=O)CCC(F)(F)F)C1CC1. The summed E-state index contributed by atoms with van der Waals surface area (Å²) in [5.41, 5.74) is 0. The van der Waals surface area contributed by atoms with E-state index < -0.39 is 30.9 Å². The average molecular weight is 267 g/mol. The molecule has 1 saturated carbocycles. The first-order valence-electron chi connectivity index (χ1n) is 5.85. The maximum atomic E-state index is 12.0. The van der Waals surface area contributed by atoms with Crippen molar-refractivity contribution in [3.8, 4) is 0 Å². The Morgan fingerprint density at radius 3 is 2.39 bits per heavy atom. The first-order valence-corrected chi connectivity index (χ1v) is 5.85. The van der Waals surface area contributed by atoms with Crippen molar-refractivity contribution in [3.63, 3.8) is 0 Å². The molecule has 0 radical (unpaired) electrons. The highest BCUT2D eigenvalue weighted by atomic mass is 19.4. The lowest BCUT2D eigenvalue weighted by Crippen LogP contribution is -2.38. The Balaban J connectivity index is 2.46. The van der Waals surface area contributed by atoms with Gasteiger partial charge in [-0.05, 0) is 19.8 Å². The van der Waals surface area contributed by atoms with E-state index in [1.807, 2.05) is 0 Å². The molecule has 0 aromatic carbocycles. The molecule has 0 aromatic rings. The number of ether oxygens (including phenoxy) is 1. The molecule has 1 rings (SSSR count). The fourth-order valence-corrected chi connectivity index (χ4v) is 1.55. The van der Waals surface area contributed by atoms with E-state index in [9.17, 15) is 22.8 Å². The third-order valence-corrected chi connectivity index (χ3v) is 2.54. The van der Waals surface area contributed by atoms with Crippen LogP contribution in [0.15, 0.2) is 0 Å². The molecule has 0 bridgehead atoms. The van der Waals surface area contributed by atoms with Crippen LogP contribution in [0.3, 0.4) is 0 Å². The number of rotatable bonds is 6. The summed E-state index contributed by atoms with van der Waals surface area (Å²) in [6.07, 6.45) is -4.65. The number of carbonyl (C=O) groups excluding carboxylic acids is 2. The Morgan fingerprint density at radius 2 is 1.94 bits per heavy atom. The van der Waals surface area contributed by atoms with Crippen LogP contribution < -0.4 is 0 Å². The molecule has 1 fully saturated rings. The smallest absolute Gasteiger partial charge is 0.389 e. The van der Waals surface area contributed by atoms with Crippen LogP contribution in [-0.2, 0) is 14.3 Å². The number of hydrogen-bond donors (Lipinski definition) is 0. The minimum absolute atomic E-state index is 0.102. The molecular weight excluding hydrogens is 251 g/mol. The summed E-state index contributed by atoms with van der Waals surface area (Å²) in [6, 6.07) is -0.102. The van der Waals surface area contributed by atoms with Crippen LogP contribution in [0.4, 0.5) is 13.2 Å². The molecule has 7 heteroatoms. The van der Waals surface area contributed by atoms with Gasteiger partial charge in [-0.15, -0.1) is 0 Å². The van der Waals surface area contributed by atoms with Crippen molar-refractivity contribution in [1.29, 1.82) is 0 Å². The number of alkyl halides is 3. The van der Waals surface area contributed by atoms with Crippen molar-refractivity contribution in [2.45, 2.75) is 44.8 Å². The Labute approximate surface area is 103 Å². The molecule has 0 saturated heterocycles. The molecule has 0 aromatic heterocycles. The third-order valence-electron chi connectivity index (χ3n) is 2.54. The zero-order valence-corrected chi connectivity index (χ0v) is 10.1. The summed E-state index contributed by atoms with van der Waals surface area (Å²) in [6.45, 7) is 1.56. The van der Waals surface area contributed by atoms with Gasteiger partial charge >= 0.3 is 12.1 Å². The fourth-order valence-electron chi connectivity index (χ4n) is 1.55. The Morgan fingerprint density at radius 1 is 1.33 bits per heavy atom. The van der Waals surface area contributed by atoms with E-state index in [1.54, 1.807) is 6.92 Å². The van der Waals surface area contributed by atoms with E-state index in [0.717, 1.165) is 12.8 Å². The molecule has 18 heavy (non-hydrogen) atoms. The molecule has 4 nitrogen and oxygen atoms in total. The van der Waals surface area contributed by atoms with Gasteiger partial charge in [0.1, 0.15) is 6.54 Å². The fraction of sp³-hybridized carbons (Fsp3) is 0.818. The maximum absolute atomic E-state index is 12.0. The van der Waals surface area contributed by atoms with Gasteiger partial charge in [-0.1, -0.05) is 0 Å². The standard InChI is InChI=1S/C11H16F3NO3/c1-2-18-10(17)7-15(8-3-4-8)9(16)5-6-11(12,13)14/h8H,2-7H2,1H3. The van der Waals surface area contributed by atoms with Crippen molar-refractivity contribution < 1.29 is 27.5 Å². The average Bonchev–Trinajstić information content (AvgIpc) is 3.06. The number of esters is 1. The van der Waals surface area contributed by atoms with E-state index in [-0.39, 0.29) is 19.2 Å². The number of nitrogens with zero attached hydrogens (tertiary/aromatic N) is 1.